The number of hydrogen-bond donors (Lipinski definition) is 3. The van der Waals surface area contributed by atoms with Crippen molar-refractivity contribution in [3.63, 3.8) is 0 Å². The van der Waals surface area contributed by atoms with Crippen LogP contribution in [0.5, 0.6) is 0 Å². The Labute approximate surface area is 194 Å². The van der Waals surface area contributed by atoms with Crippen LogP contribution in [0.1, 0.15) is 45.6 Å². The summed E-state index contributed by atoms with van der Waals surface area (Å²) in [5, 5.41) is 10.6. The van der Waals surface area contributed by atoms with E-state index in [9.17, 15) is 19.2 Å². The Morgan fingerprint density at radius 3 is 2.94 bits per heavy atom. The van der Waals surface area contributed by atoms with Gasteiger partial charge in [-0.25, -0.2) is 4.79 Å². The van der Waals surface area contributed by atoms with Crippen molar-refractivity contribution in [1.29, 1.82) is 0 Å². The number of nitrogens with zero attached hydrogens (tertiary/aromatic N) is 1. The minimum Gasteiger partial charge on any atom is -0.353 e. The van der Waals surface area contributed by atoms with Crippen molar-refractivity contribution < 1.29 is 19.2 Å². The van der Waals surface area contributed by atoms with Gasteiger partial charge in [0.25, 0.3) is 5.91 Å². The van der Waals surface area contributed by atoms with Crippen LogP contribution in [0, 0.1) is 6.92 Å². The molecular formula is C22H23ClN4O4S. The summed E-state index contributed by atoms with van der Waals surface area (Å²) in [7, 11) is 0. The van der Waals surface area contributed by atoms with Gasteiger partial charge in [0.1, 0.15) is 11.8 Å². The molecule has 0 spiro atoms. The minimum absolute atomic E-state index is 0.111. The number of aldehydes is 1. The van der Waals surface area contributed by atoms with Gasteiger partial charge in [0, 0.05) is 40.5 Å². The van der Waals surface area contributed by atoms with E-state index in [1.165, 1.54) is 11.3 Å². The lowest BCUT2D eigenvalue weighted by Gasteiger charge is -2.36. The van der Waals surface area contributed by atoms with E-state index in [-0.39, 0.29) is 37.5 Å². The van der Waals surface area contributed by atoms with Gasteiger partial charge in [-0.15, -0.1) is 11.3 Å². The molecule has 2 aromatic rings. The molecule has 3 N–H and O–H groups in total. The molecule has 1 fully saturated rings. The van der Waals surface area contributed by atoms with Crippen molar-refractivity contribution >= 4 is 52.8 Å². The van der Waals surface area contributed by atoms with Gasteiger partial charge in [0.05, 0.1) is 12.1 Å². The Morgan fingerprint density at radius 1 is 1.38 bits per heavy atom. The second kappa shape index (κ2) is 8.91. The van der Waals surface area contributed by atoms with Crippen LogP contribution in [0.15, 0.2) is 23.6 Å². The first-order valence-electron chi connectivity index (χ1n) is 10.3. The molecule has 1 atom stereocenters. The molecule has 168 valence electrons. The number of thiophene rings is 1. The number of amides is 4. The monoisotopic (exact) mass is 474 g/mol. The number of benzene rings is 1. The molecule has 1 saturated heterocycles. The van der Waals surface area contributed by atoms with Crippen molar-refractivity contribution in [3.8, 4) is 0 Å². The zero-order valence-corrected chi connectivity index (χ0v) is 19.1. The highest BCUT2D eigenvalue weighted by Gasteiger charge is 2.46. The molecule has 4 amide bonds. The van der Waals surface area contributed by atoms with Gasteiger partial charge in [0.15, 0.2) is 0 Å². The number of fused-ring (bicyclic) bond motifs is 1. The molecule has 2 aliphatic rings. The number of aryl methyl sites for hydroxylation is 1. The number of carbonyl (C=O) groups excluding carboxylic acids is 4. The van der Waals surface area contributed by atoms with E-state index in [1.807, 2.05) is 13.0 Å². The van der Waals surface area contributed by atoms with E-state index in [0.717, 1.165) is 22.3 Å². The molecule has 0 aliphatic carbocycles. The second-order valence-corrected chi connectivity index (χ2v) is 9.44. The van der Waals surface area contributed by atoms with Crippen LogP contribution < -0.4 is 16.0 Å². The van der Waals surface area contributed by atoms with Crippen LogP contribution in [-0.2, 0) is 22.7 Å². The molecule has 0 saturated carbocycles. The smallest absolute Gasteiger partial charge is 0.319 e. The summed E-state index contributed by atoms with van der Waals surface area (Å²) in [6, 6.07) is 4.89. The quantitative estimate of drug-likeness (QED) is 0.578. The van der Waals surface area contributed by atoms with Crippen LogP contribution in [0.25, 0.3) is 0 Å². The third kappa shape index (κ3) is 4.22. The fourth-order valence-corrected chi connectivity index (χ4v) is 5.20. The van der Waals surface area contributed by atoms with Crippen LogP contribution in [0.4, 0.5) is 10.5 Å². The number of anilines is 1. The summed E-state index contributed by atoms with van der Waals surface area (Å²) in [6.45, 7) is 2.52. The standard InChI is InChI=1S/C22H23ClN4O4S/c1-13-4-5-14(7-17(13)23)26-21(31)24-8-18-15-9-27(20(30)16(15)10-32-18)22(12-28)6-2-3-19(29)25-11-22/h4-5,7,10,12H,2-3,6,8-9,11H2,1H3,(H,25,29)(H2,24,26,31). The zero-order chi connectivity index (χ0) is 22.9. The Morgan fingerprint density at radius 2 is 2.19 bits per heavy atom. The topological polar surface area (TPSA) is 108 Å². The zero-order valence-electron chi connectivity index (χ0n) is 17.5. The summed E-state index contributed by atoms with van der Waals surface area (Å²) in [6.07, 6.45) is 2.10. The van der Waals surface area contributed by atoms with Crippen molar-refractivity contribution in [1.82, 2.24) is 15.5 Å². The van der Waals surface area contributed by atoms with Gasteiger partial charge in [-0.3, -0.25) is 9.59 Å². The van der Waals surface area contributed by atoms with Crippen LogP contribution in [0.3, 0.4) is 0 Å². The van der Waals surface area contributed by atoms with Crippen LogP contribution in [-0.4, -0.2) is 41.1 Å². The number of halogens is 1. The maximum absolute atomic E-state index is 13.1. The number of carbonyl (C=O) groups is 4. The highest BCUT2D eigenvalue weighted by molar-refractivity contribution is 7.10. The molecule has 1 aromatic heterocycles. The van der Waals surface area contributed by atoms with E-state index in [2.05, 4.69) is 16.0 Å². The van der Waals surface area contributed by atoms with Crippen molar-refractivity contribution in [2.75, 3.05) is 11.9 Å². The van der Waals surface area contributed by atoms with Crippen LogP contribution in [0.2, 0.25) is 5.02 Å². The normalized spacial score (nSPS) is 20.4. The molecule has 32 heavy (non-hydrogen) atoms. The molecule has 0 bridgehead atoms. The first-order chi connectivity index (χ1) is 15.3. The van der Waals surface area contributed by atoms with E-state index >= 15 is 0 Å². The maximum Gasteiger partial charge on any atom is 0.319 e. The molecule has 1 unspecified atom stereocenters. The number of nitrogens with one attached hydrogen (secondary N) is 3. The second-order valence-electron chi connectivity index (χ2n) is 8.07. The highest BCUT2D eigenvalue weighted by Crippen LogP contribution is 2.37. The van der Waals surface area contributed by atoms with Crippen molar-refractivity contribution in [2.24, 2.45) is 0 Å². The van der Waals surface area contributed by atoms with Crippen molar-refractivity contribution in [3.05, 3.63) is 50.2 Å². The van der Waals surface area contributed by atoms with Gasteiger partial charge < -0.3 is 25.6 Å². The molecule has 3 heterocycles. The molecule has 10 heteroatoms. The Bertz CT molecular complexity index is 1100. The van der Waals surface area contributed by atoms with Crippen molar-refractivity contribution in [2.45, 2.75) is 44.8 Å². The summed E-state index contributed by atoms with van der Waals surface area (Å²) in [4.78, 5) is 51.6. The lowest BCUT2D eigenvalue weighted by molar-refractivity contribution is -0.121. The lowest BCUT2D eigenvalue weighted by Crippen LogP contribution is -2.56. The minimum atomic E-state index is -1.05. The molecular weight excluding hydrogens is 452 g/mol. The molecule has 4 rings (SSSR count). The SMILES string of the molecule is Cc1ccc(NC(=O)NCc2scc3c2CN(C2(C=O)CCCC(=O)NC2)C3=O)cc1Cl. The summed E-state index contributed by atoms with van der Waals surface area (Å²) in [5.41, 5.74) is 1.82. The third-order valence-electron chi connectivity index (χ3n) is 5.97. The summed E-state index contributed by atoms with van der Waals surface area (Å²) in [5.74, 6) is -0.329. The summed E-state index contributed by atoms with van der Waals surface area (Å²) >= 11 is 7.50. The van der Waals surface area contributed by atoms with Gasteiger partial charge in [-0.1, -0.05) is 17.7 Å². The fraction of sp³-hybridized carbons (Fsp3) is 0.364. The first kappa shape index (κ1) is 22.3. The van der Waals surface area contributed by atoms with E-state index in [1.54, 1.807) is 22.4 Å². The molecule has 8 nitrogen and oxygen atoms in total. The van der Waals surface area contributed by atoms with Gasteiger partial charge in [-0.2, -0.15) is 0 Å². The van der Waals surface area contributed by atoms with Gasteiger partial charge >= 0.3 is 6.03 Å². The highest BCUT2D eigenvalue weighted by atomic mass is 35.5. The maximum atomic E-state index is 13.1. The Balaban J connectivity index is 1.43. The van der Waals surface area contributed by atoms with Gasteiger partial charge in [0.2, 0.25) is 5.91 Å². The first-order valence-corrected chi connectivity index (χ1v) is 11.5. The largest absolute Gasteiger partial charge is 0.353 e. The summed E-state index contributed by atoms with van der Waals surface area (Å²) < 4.78 is 0. The Hall–Kier alpha value is -2.91. The average Bonchev–Trinajstić information content (AvgIpc) is 3.25. The lowest BCUT2D eigenvalue weighted by atomic mass is 9.93. The molecule has 0 radical (unpaired) electrons. The van der Waals surface area contributed by atoms with E-state index in [0.29, 0.717) is 35.5 Å². The number of hydrogen-bond acceptors (Lipinski definition) is 5. The average molecular weight is 475 g/mol. The Kier molecular flexibility index (Phi) is 6.21. The van der Waals surface area contributed by atoms with E-state index in [4.69, 9.17) is 11.6 Å². The molecule has 2 aliphatic heterocycles. The van der Waals surface area contributed by atoms with Gasteiger partial charge in [-0.05, 0) is 43.0 Å². The predicted molar refractivity (Wildman–Crippen MR) is 122 cm³/mol. The number of urea groups is 1. The molecule has 1 aromatic carbocycles. The third-order valence-corrected chi connectivity index (χ3v) is 7.41. The number of rotatable bonds is 5. The fourth-order valence-electron chi connectivity index (χ4n) is 4.04. The predicted octanol–water partition coefficient (Wildman–Crippen LogP) is 3.23. The van der Waals surface area contributed by atoms with Crippen LogP contribution >= 0.6 is 22.9 Å². The van der Waals surface area contributed by atoms with E-state index < -0.39 is 5.54 Å².